The Hall–Kier alpha value is -1.94. The van der Waals surface area contributed by atoms with Gasteiger partial charge in [0.1, 0.15) is 5.82 Å². The van der Waals surface area contributed by atoms with E-state index in [1.54, 1.807) is 0 Å². The van der Waals surface area contributed by atoms with Gasteiger partial charge in [-0.2, -0.15) is 0 Å². The van der Waals surface area contributed by atoms with E-state index in [0.29, 0.717) is 5.92 Å². The second kappa shape index (κ2) is 5.36. The molecule has 0 unspecified atom stereocenters. The minimum absolute atomic E-state index is 0.0856. The summed E-state index contributed by atoms with van der Waals surface area (Å²) in [5.41, 5.74) is 4.66. The summed E-state index contributed by atoms with van der Waals surface area (Å²) in [5.74, 6) is 1.39. The number of rotatable bonds is 3. The minimum atomic E-state index is 0.0856. The van der Waals surface area contributed by atoms with Crippen molar-refractivity contribution in [2.45, 2.75) is 45.2 Å². The minimum Gasteiger partial charge on any atom is -0.310 e. The zero-order chi connectivity index (χ0) is 15.1. The number of fused-ring (bicyclic) bond motifs is 1. The molecule has 1 aliphatic heterocycles. The van der Waals surface area contributed by atoms with Gasteiger partial charge < -0.3 is 4.98 Å². The fourth-order valence-electron chi connectivity index (χ4n) is 3.23. The molecule has 0 bridgehead atoms. The van der Waals surface area contributed by atoms with Gasteiger partial charge in [-0.25, -0.2) is 4.98 Å². The smallest absolute Gasteiger partial charge is 0.254 e. The molecule has 0 radical (unpaired) electrons. The van der Waals surface area contributed by atoms with Gasteiger partial charge >= 0.3 is 0 Å². The second-order valence-electron chi connectivity index (χ2n) is 6.54. The highest BCUT2D eigenvalue weighted by molar-refractivity contribution is 5.27. The third-order valence-corrected chi connectivity index (χ3v) is 4.79. The molecule has 0 atom stereocenters. The Morgan fingerprint density at radius 1 is 1.32 bits per heavy atom. The van der Waals surface area contributed by atoms with Gasteiger partial charge in [-0.05, 0) is 37.3 Å². The average Bonchev–Trinajstić information content (AvgIpc) is 3.34. The van der Waals surface area contributed by atoms with E-state index in [-0.39, 0.29) is 5.56 Å². The average molecular weight is 295 g/mol. The first kappa shape index (κ1) is 13.7. The van der Waals surface area contributed by atoms with Crippen LogP contribution < -0.4 is 5.56 Å². The normalized spacial score (nSPS) is 18.2. The van der Waals surface area contributed by atoms with E-state index >= 15 is 0 Å². The van der Waals surface area contributed by atoms with Crippen LogP contribution in [0.15, 0.2) is 29.1 Å². The standard InChI is InChI=1S/C18H21N3O/c1-12-4-2-3-5-14(12)10-21-9-8-15-16(11-21)19-17(13-6-7-13)20-18(15)22/h2-5,13H,6-11H2,1H3,(H,19,20,22). The number of H-pyrrole nitrogens is 1. The Labute approximate surface area is 130 Å². The molecular formula is C18H21N3O. The Balaban J connectivity index is 1.58. The van der Waals surface area contributed by atoms with E-state index in [9.17, 15) is 4.79 Å². The molecule has 1 saturated carbocycles. The predicted molar refractivity (Wildman–Crippen MR) is 85.8 cm³/mol. The molecular weight excluding hydrogens is 274 g/mol. The lowest BCUT2D eigenvalue weighted by atomic mass is 10.0. The van der Waals surface area contributed by atoms with Crippen molar-refractivity contribution in [3.8, 4) is 0 Å². The number of aryl methyl sites for hydroxylation is 1. The van der Waals surface area contributed by atoms with E-state index in [2.05, 4.69) is 41.1 Å². The first-order valence-electron chi connectivity index (χ1n) is 8.09. The van der Waals surface area contributed by atoms with Crippen LogP contribution in [0.2, 0.25) is 0 Å². The lowest BCUT2D eigenvalue weighted by Crippen LogP contribution is -2.35. The largest absolute Gasteiger partial charge is 0.310 e. The SMILES string of the molecule is Cc1ccccc1CN1CCc2c(nc(C3CC3)[nH]c2=O)C1. The summed E-state index contributed by atoms with van der Waals surface area (Å²) in [6.45, 7) is 4.79. The first-order chi connectivity index (χ1) is 10.7. The zero-order valence-electron chi connectivity index (χ0n) is 12.9. The lowest BCUT2D eigenvalue weighted by Gasteiger charge is -2.28. The molecule has 0 amide bonds. The third-order valence-electron chi connectivity index (χ3n) is 4.79. The molecule has 4 nitrogen and oxygen atoms in total. The van der Waals surface area contributed by atoms with Crippen LogP contribution in [0.5, 0.6) is 0 Å². The molecule has 2 aromatic rings. The van der Waals surface area contributed by atoms with Gasteiger partial charge in [0.25, 0.3) is 5.56 Å². The summed E-state index contributed by atoms with van der Waals surface area (Å²) in [6, 6.07) is 8.51. The highest BCUT2D eigenvalue weighted by atomic mass is 16.1. The highest BCUT2D eigenvalue weighted by Crippen LogP contribution is 2.37. The Bertz CT molecular complexity index is 761. The van der Waals surface area contributed by atoms with Gasteiger partial charge in [0.05, 0.1) is 5.69 Å². The van der Waals surface area contributed by atoms with E-state index in [4.69, 9.17) is 4.98 Å². The molecule has 4 heteroatoms. The molecule has 1 aromatic carbocycles. The van der Waals surface area contributed by atoms with Gasteiger partial charge in [-0.1, -0.05) is 24.3 Å². The topological polar surface area (TPSA) is 49.0 Å². The Morgan fingerprint density at radius 2 is 2.14 bits per heavy atom. The fourth-order valence-corrected chi connectivity index (χ4v) is 3.23. The molecule has 2 heterocycles. The first-order valence-corrected chi connectivity index (χ1v) is 8.09. The molecule has 1 N–H and O–H groups in total. The fraction of sp³-hybridized carbons (Fsp3) is 0.444. The van der Waals surface area contributed by atoms with Gasteiger partial charge in [-0.15, -0.1) is 0 Å². The van der Waals surface area contributed by atoms with Crippen molar-refractivity contribution in [3.63, 3.8) is 0 Å². The van der Waals surface area contributed by atoms with E-state index in [1.807, 2.05) is 0 Å². The van der Waals surface area contributed by atoms with E-state index < -0.39 is 0 Å². The van der Waals surface area contributed by atoms with Crippen LogP contribution in [0, 0.1) is 6.92 Å². The third kappa shape index (κ3) is 2.59. The zero-order valence-corrected chi connectivity index (χ0v) is 12.9. The van der Waals surface area contributed by atoms with Crippen molar-refractivity contribution < 1.29 is 0 Å². The van der Waals surface area contributed by atoms with Crippen LogP contribution in [0.4, 0.5) is 0 Å². The molecule has 1 aromatic heterocycles. The number of hydrogen-bond acceptors (Lipinski definition) is 3. The molecule has 2 aliphatic rings. The Morgan fingerprint density at radius 3 is 2.91 bits per heavy atom. The maximum Gasteiger partial charge on any atom is 0.254 e. The van der Waals surface area contributed by atoms with Crippen LogP contribution in [-0.4, -0.2) is 21.4 Å². The number of hydrogen-bond donors (Lipinski definition) is 1. The highest BCUT2D eigenvalue weighted by Gasteiger charge is 2.29. The molecule has 0 saturated heterocycles. The number of benzene rings is 1. The van der Waals surface area contributed by atoms with Crippen LogP contribution >= 0.6 is 0 Å². The quantitative estimate of drug-likeness (QED) is 0.946. The number of nitrogens with one attached hydrogen (secondary N) is 1. The van der Waals surface area contributed by atoms with Crippen LogP contribution in [0.1, 0.15) is 47.0 Å². The molecule has 4 rings (SSSR count). The number of nitrogens with zero attached hydrogens (tertiary/aromatic N) is 2. The van der Waals surface area contributed by atoms with Crippen molar-refractivity contribution in [3.05, 3.63) is 62.8 Å². The summed E-state index contributed by atoms with van der Waals surface area (Å²) in [4.78, 5) is 22.4. The van der Waals surface area contributed by atoms with Gasteiger partial charge in [0.2, 0.25) is 0 Å². The lowest BCUT2D eigenvalue weighted by molar-refractivity contribution is 0.239. The van der Waals surface area contributed by atoms with Crippen LogP contribution in [0.3, 0.4) is 0 Å². The molecule has 22 heavy (non-hydrogen) atoms. The molecule has 1 fully saturated rings. The number of aromatic nitrogens is 2. The number of aromatic amines is 1. The Kier molecular flexibility index (Phi) is 3.34. The molecule has 1 aliphatic carbocycles. The van der Waals surface area contributed by atoms with Gasteiger partial charge in [0.15, 0.2) is 0 Å². The second-order valence-corrected chi connectivity index (χ2v) is 6.54. The van der Waals surface area contributed by atoms with Crippen molar-refractivity contribution in [2.24, 2.45) is 0 Å². The van der Waals surface area contributed by atoms with E-state index in [1.165, 1.54) is 11.1 Å². The summed E-state index contributed by atoms with van der Waals surface area (Å²) in [5, 5.41) is 0. The molecule has 114 valence electrons. The van der Waals surface area contributed by atoms with Crippen molar-refractivity contribution in [1.29, 1.82) is 0 Å². The van der Waals surface area contributed by atoms with Crippen molar-refractivity contribution >= 4 is 0 Å². The van der Waals surface area contributed by atoms with Gasteiger partial charge in [-0.3, -0.25) is 9.69 Å². The summed E-state index contributed by atoms with van der Waals surface area (Å²) in [7, 11) is 0. The summed E-state index contributed by atoms with van der Waals surface area (Å²) < 4.78 is 0. The summed E-state index contributed by atoms with van der Waals surface area (Å²) in [6.07, 6.45) is 3.12. The maximum absolute atomic E-state index is 12.2. The monoisotopic (exact) mass is 295 g/mol. The van der Waals surface area contributed by atoms with Gasteiger partial charge in [0, 0.05) is 31.1 Å². The van der Waals surface area contributed by atoms with E-state index in [0.717, 1.165) is 56.0 Å². The van der Waals surface area contributed by atoms with Crippen LogP contribution in [-0.2, 0) is 19.5 Å². The molecule has 0 spiro atoms. The summed E-state index contributed by atoms with van der Waals surface area (Å²) >= 11 is 0. The van der Waals surface area contributed by atoms with Crippen LogP contribution in [0.25, 0.3) is 0 Å². The predicted octanol–water partition coefficient (Wildman–Crippen LogP) is 2.51. The maximum atomic E-state index is 12.2. The van der Waals surface area contributed by atoms with Crippen molar-refractivity contribution in [1.82, 2.24) is 14.9 Å². The van der Waals surface area contributed by atoms with Crippen molar-refractivity contribution in [2.75, 3.05) is 6.54 Å².